The van der Waals surface area contributed by atoms with Crippen LogP contribution in [-0.4, -0.2) is 4.57 Å². The van der Waals surface area contributed by atoms with Crippen molar-refractivity contribution in [1.29, 1.82) is 0 Å². The van der Waals surface area contributed by atoms with Crippen LogP contribution in [0.3, 0.4) is 0 Å². The molecule has 0 saturated heterocycles. The van der Waals surface area contributed by atoms with Crippen molar-refractivity contribution in [3.05, 3.63) is 174 Å². The summed E-state index contributed by atoms with van der Waals surface area (Å²) >= 11 is 6.50. The van der Waals surface area contributed by atoms with Gasteiger partial charge in [-0.15, -0.1) is 0 Å². The van der Waals surface area contributed by atoms with Crippen LogP contribution in [0.25, 0.3) is 82.4 Å². The lowest BCUT2D eigenvalue weighted by Gasteiger charge is -2.22. The number of benzene rings is 8. The van der Waals surface area contributed by atoms with E-state index in [0.29, 0.717) is 0 Å². The Bertz CT molecular complexity index is 2820. The van der Waals surface area contributed by atoms with E-state index in [4.69, 9.17) is 11.6 Å². The van der Waals surface area contributed by atoms with Crippen LogP contribution in [-0.2, 0) is 5.41 Å². The van der Waals surface area contributed by atoms with Crippen LogP contribution >= 0.6 is 11.6 Å². The summed E-state index contributed by atoms with van der Waals surface area (Å²) in [6, 6.07) is 57.8. The molecule has 1 nitrogen and oxygen atoms in total. The fourth-order valence-electron chi connectivity index (χ4n) is 8.57. The molecular weight excluding hydrogens is 614 g/mol. The summed E-state index contributed by atoms with van der Waals surface area (Å²) in [7, 11) is 0. The van der Waals surface area contributed by atoms with Gasteiger partial charge in [-0.3, -0.25) is 0 Å². The van der Waals surface area contributed by atoms with Crippen LogP contribution in [0.2, 0.25) is 5.02 Å². The Balaban J connectivity index is 1.23. The second-order valence-corrected chi connectivity index (χ2v) is 14.3. The van der Waals surface area contributed by atoms with Crippen LogP contribution in [0.5, 0.6) is 0 Å². The Morgan fingerprint density at radius 2 is 1.08 bits per heavy atom. The standard InChI is InChI=1S/C47H32ClN/c1-47(2)41-27-30(22-24-36(41)37-25-23-31(48)28-42(37)47)33-18-11-21-45-46(33)39-17-8-10-20-44(39)49(45)43-19-9-7-16-38(43)40-26-29-12-3-4-13-32(29)34-14-5-6-15-35(34)40/h3-28H,1-2H3. The van der Waals surface area contributed by atoms with E-state index < -0.39 is 0 Å². The number of aromatic nitrogens is 1. The number of para-hydroxylation sites is 2. The normalized spacial score (nSPS) is 13.4. The summed E-state index contributed by atoms with van der Waals surface area (Å²) in [6.45, 7) is 4.63. The molecule has 2 heteroatoms. The molecule has 9 aromatic rings. The molecule has 0 saturated carbocycles. The van der Waals surface area contributed by atoms with Crippen molar-refractivity contribution in [2.75, 3.05) is 0 Å². The summed E-state index contributed by atoms with van der Waals surface area (Å²) in [4.78, 5) is 0. The molecule has 1 heterocycles. The topological polar surface area (TPSA) is 4.93 Å². The maximum atomic E-state index is 6.50. The van der Waals surface area contributed by atoms with E-state index >= 15 is 0 Å². The van der Waals surface area contributed by atoms with Gasteiger partial charge in [-0.2, -0.15) is 0 Å². The van der Waals surface area contributed by atoms with E-state index in [1.807, 2.05) is 6.07 Å². The lowest BCUT2D eigenvalue weighted by Crippen LogP contribution is -2.15. The number of hydrogen-bond acceptors (Lipinski definition) is 0. The van der Waals surface area contributed by atoms with Crippen molar-refractivity contribution in [1.82, 2.24) is 4.57 Å². The predicted molar refractivity (Wildman–Crippen MR) is 209 cm³/mol. The molecule has 0 bridgehead atoms. The fraction of sp³-hybridized carbons (Fsp3) is 0.0638. The highest BCUT2D eigenvalue weighted by Crippen LogP contribution is 2.51. The first-order chi connectivity index (χ1) is 24.0. The first kappa shape index (κ1) is 28.4. The summed E-state index contributed by atoms with van der Waals surface area (Å²) < 4.78 is 2.47. The molecule has 8 aromatic carbocycles. The first-order valence-corrected chi connectivity index (χ1v) is 17.3. The minimum atomic E-state index is -0.144. The van der Waals surface area contributed by atoms with Gasteiger partial charge in [-0.25, -0.2) is 0 Å². The zero-order valence-electron chi connectivity index (χ0n) is 27.3. The summed E-state index contributed by atoms with van der Waals surface area (Å²) in [5.74, 6) is 0. The average molecular weight is 646 g/mol. The highest BCUT2D eigenvalue weighted by molar-refractivity contribution is 6.30. The van der Waals surface area contributed by atoms with Crippen LogP contribution < -0.4 is 0 Å². The molecule has 10 rings (SSSR count). The van der Waals surface area contributed by atoms with Crippen LogP contribution in [0.1, 0.15) is 25.0 Å². The number of halogens is 1. The van der Waals surface area contributed by atoms with Gasteiger partial charge in [-0.05, 0) is 103 Å². The van der Waals surface area contributed by atoms with Gasteiger partial charge in [0.2, 0.25) is 0 Å². The van der Waals surface area contributed by atoms with Gasteiger partial charge in [-0.1, -0.05) is 141 Å². The van der Waals surface area contributed by atoms with Crippen LogP contribution in [0, 0.1) is 0 Å². The van der Waals surface area contributed by atoms with Gasteiger partial charge in [0.25, 0.3) is 0 Å². The minimum Gasteiger partial charge on any atom is -0.309 e. The van der Waals surface area contributed by atoms with E-state index in [0.717, 1.165) is 5.02 Å². The van der Waals surface area contributed by atoms with E-state index in [2.05, 4.69) is 170 Å². The summed E-state index contributed by atoms with van der Waals surface area (Å²) in [5, 5.41) is 8.38. The Morgan fingerprint density at radius 1 is 0.449 bits per heavy atom. The largest absolute Gasteiger partial charge is 0.309 e. The second-order valence-electron chi connectivity index (χ2n) is 13.8. The predicted octanol–water partition coefficient (Wildman–Crippen LogP) is 13.4. The van der Waals surface area contributed by atoms with Gasteiger partial charge in [0, 0.05) is 26.8 Å². The number of rotatable bonds is 3. The van der Waals surface area contributed by atoms with E-state index in [-0.39, 0.29) is 5.41 Å². The Kier molecular flexibility index (Phi) is 6.04. The molecule has 0 N–H and O–H groups in total. The molecule has 0 amide bonds. The monoisotopic (exact) mass is 645 g/mol. The molecule has 0 radical (unpaired) electrons. The van der Waals surface area contributed by atoms with Gasteiger partial charge in [0.05, 0.1) is 16.7 Å². The zero-order valence-corrected chi connectivity index (χ0v) is 28.1. The maximum absolute atomic E-state index is 6.50. The molecule has 0 spiro atoms. The number of nitrogens with zero attached hydrogens (tertiary/aromatic N) is 1. The van der Waals surface area contributed by atoms with Crippen molar-refractivity contribution >= 4 is 55.0 Å². The van der Waals surface area contributed by atoms with Crippen molar-refractivity contribution in [3.8, 4) is 39.1 Å². The van der Waals surface area contributed by atoms with E-state index in [9.17, 15) is 0 Å². The highest BCUT2D eigenvalue weighted by Gasteiger charge is 2.36. The van der Waals surface area contributed by atoms with Crippen LogP contribution in [0.15, 0.2) is 158 Å². The molecule has 1 aliphatic carbocycles. The number of fused-ring (bicyclic) bond motifs is 9. The van der Waals surface area contributed by atoms with E-state index in [1.165, 1.54) is 93.5 Å². The summed E-state index contributed by atoms with van der Waals surface area (Å²) in [5.41, 5.74) is 13.6. The molecule has 232 valence electrons. The first-order valence-electron chi connectivity index (χ1n) is 17.0. The molecule has 1 aromatic heterocycles. The Morgan fingerprint density at radius 3 is 1.94 bits per heavy atom. The SMILES string of the molecule is CC1(C)c2cc(Cl)ccc2-c2ccc(-c3cccc4c3c3ccccc3n4-c3ccccc3-c3cc4ccccc4c4ccccc34)cc21. The Hall–Kier alpha value is -5.63. The molecule has 0 fully saturated rings. The minimum absolute atomic E-state index is 0.144. The van der Waals surface area contributed by atoms with Crippen molar-refractivity contribution < 1.29 is 0 Å². The third-order valence-electron chi connectivity index (χ3n) is 10.8. The van der Waals surface area contributed by atoms with Gasteiger partial charge < -0.3 is 4.57 Å². The summed E-state index contributed by atoms with van der Waals surface area (Å²) in [6.07, 6.45) is 0. The average Bonchev–Trinajstić information content (AvgIpc) is 3.59. The van der Waals surface area contributed by atoms with Crippen molar-refractivity contribution in [3.63, 3.8) is 0 Å². The van der Waals surface area contributed by atoms with Crippen molar-refractivity contribution in [2.24, 2.45) is 0 Å². The molecular formula is C47H32ClN. The molecule has 49 heavy (non-hydrogen) atoms. The van der Waals surface area contributed by atoms with Gasteiger partial charge in [0.15, 0.2) is 0 Å². The molecule has 0 unspecified atom stereocenters. The zero-order chi connectivity index (χ0) is 32.9. The van der Waals surface area contributed by atoms with Crippen LogP contribution in [0.4, 0.5) is 0 Å². The molecule has 0 atom stereocenters. The lowest BCUT2D eigenvalue weighted by atomic mass is 9.81. The van der Waals surface area contributed by atoms with Gasteiger partial charge in [0.1, 0.15) is 0 Å². The maximum Gasteiger partial charge on any atom is 0.0547 e. The number of hydrogen-bond donors (Lipinski definition) is 0. The molecule has 1 aliphatic rings. The third kappa shape index (κ3) is 4.06. The molecule has 0 aliphatic heterocycles. The third-order valence-corrected chi connectivity index (χ3v) is 11.1. The smallest absolute Gasteiger partial charge is 0.0547 e. The highest BCUT2D eigenvalue weighted by atomic mass is 35.5. The fourth-order valence-corrected chi connectivity index (χ4v) is 8.74. The van der Waals surface area contributed by atoms with Gasteiger partial charge >= 0.3 is 0 Å². The van der Waals surface area contributed by atoms with Crippen molar-refractivity contribution in [2.45, 2.75) is 19.3 Å². The second kappa shape index (κ2) is 10.4. The Labute approximate surface area is 290 Å². The quantitative estimate of drug-likeness (QED) is 0.168. The lowest BCUT2D eigenvalue weighted by molar-refractivity contribution is 0.660. The van der Waals surface area contributed by atoms with E-state index in [1.54, 1.807) is 0 Å².